The molecule has 0 atom stereocenters. The molecule has 0 spiro atoms. The van der Waals surface area contributed by atoms with Crippen molar-refractivity contribution in [1.82, 2.24) is 10.2 Å². The summed E-state index contributed by atoms with van der Waals surface area (Å²) in [4.78, 5) is 14.5. The molecule has 0 unspecified atom stereocenters. The Balaban J connectivity index is 1.38. The average molecular weight is 387 g/mol. The van der Waals surface area contributed by atoms with Crippen molar-refractivity contribution in [1.29, 1.82) is 0 Å². The van der Waals surface area contributed by atoms with E-state index in [0.717, 1.165) is 47.1 Å². The second kappa shape index (κ2) is 8.31. The zero-order valence-electron chi connectivity index (χ0n) is 16.8. The lowest BCUT2D eigenvalue weighted by Gasteiger charge is -2.15. The van der Waals surface area contributed by atoms with Crippen LogP contribution in [-0.4, -0.2) is 29.3 Å². The monoisotopic (exact) mass is 387 g/mol. The Labute approximate surface area is 171 Å². The summed E-state index contributed by atoms with van der Waals surface area (Å²) in [5.41, 5.74) is 5.61. The van der Waals surface area contributed by atoms with Gasteiger partial charge in [0.15, 0.2) is 5.82 Å². The number of carbonyl (C=O) groups is 1. The lowest BCUT2D eigenvalue weighted by atomic mass is 10.1. The molecule has 4 rings (SSSR count). The van der Waals surface area contributed by atoms with Crippen LogP contribution in [0.4, 0.5) is 22.0 Å². The van der Waals surface area contributed by atoms with E-state index in [4.69, 9.17) is 0 Å². The first kappa shape index (κ1) is 18.9. The van der Waals surface area contributed by atoms with E-state index in [-0.39, 0.29) is 6.03 Å². The Morgan fingerprint density at radius 3 is 2.17 bits per heavy atom. The highest BCUT2D eigenvalue weighted by atomic mass is 16.2. The number of anilines is 3. The molecule has 1 aliphatic heterocycles. The van der Waals surface area contributed by atoms with Gasteiger partial charge in [-0.15, -0.1) is 10.2 Å². The fourth-order valence-electron chi connectivity index (χ4n) is 3.43. The Kier molecular flexibility index (Phi) is 5.42. The van der Waals surface area contributed by atoms with Gasteiger partial charge in [-0.05, 0) is 74.2 Å². The van der Waals surface area contributed by atoms with Crippen LogP contribution in [0.1, 0.15) is 24.0 Å². The second-order valence-electron chi connectivity index (χ2n) is 7.43. The predicted molar refractivity (Wildman–Crippen MR) is 117 cm³/mol. The molecule has 1 saturated heterocycles. The number of rotatable bonds is 4. The third-order valence-electron chi connectivity index (χ3n) is 5.28. The van der Waals surface area contributed by atoms with E-state index in [0.29, 0.717) is 0 Å². The summed E-state index contributed by atoms with van der Waals surface area (Å²) in [6.07, 6.45) is 2.43. The molecule has 2 aromatic carbocycles. The van der Waals surface area contributed by atoms with Crippen molar-refractivity contribution in [2.45, 2.75) is 26.7 Å². The van der Waals surface area contributed by atoms with Gasteiger partial charge in [-0.1, -0.05) is 18.2 Å². The van der Waals surface area contributed by atoms with E-state index in [9.17, 15) is 4.79 Å². The van der Waals surface area contributed by atoms with Crippen molar-refractivity contribution < 1.29 is 4.79 Å². The van der Waals surface area contributed by atoms with Gasteiger partial charge in [-0.2, -0.15) is 0 Å². The SMILES string of the molecule is Cc1ccc(NC(=O)Nc2ccc(-c3ccc(N4CCCC4)nn3)cc2)cc1C. The molecule has 29 heavy (non-hydrogen) atoms. The number of urea groups is 1. The molecular formula is C23H25N5O. The van der Waals surface area contributed by atoms with Crippen molar-refractivity contribution in [3.63, 3.8) is 0 Å². The molecule has 0 aliphatic carbocycles. The Morgan fingerprint density at radius 2 is 1.52 bits per heavy atom. The summed E-state index contributed by atoms with van der Waals surface area (Å²) in [5.74, 6) is 0.938. The van der Waals surface area contributed by atoms with E-state index < -0.39 is 0 Å². The lowest BCUT2D eigenvalue weighted by Crippen LogP contribution is -2.19. The summed E-state index contributed by atoms with van der Waals surface area (Å²) < 4.78 is 0. The molecule has 1 aliphatic rings. The number of nitrogens with zero attached hydrogens (tertiary/aromatic N) is 3. The van der Waals surface area contributed by atoms with Crippen LogP contribution in [-0.2, 0) is 0 Å². The molecule has 2 N–H and O–H groups in total. The van der Waals surface area contributed by atoms with Crippen LogP contribution in [0.3, 0.4) is 0 Å². The third kappa shape index (κ3) is 4.54. The molecule has 2 amide bonds. The van der Waals surface area contributed by atoms with Gasteiger partial charge in [0.05, 0.1) is 5.69 Å². The van der Waals surface area contributed by atoms with Gasteiger partial charge in [0, 0.05) is 30.0 Å². The van der Waals surface area contributed by atoms with Gasteiger partial charge in [-0.3, -0.25) is 0 Å². The van der Waals surface area contributed by atoms with Crippen LogP contribution in [0.5, 0.6) is 0 Å². The van der Waals surface area contributed by atoms with E-state index in [1.54, 1.807) is 0 Å². The molecule has 3 aromatic rings. The second-order valence-corrected chi connectivity index (χ2v) is 7.43. The maximum absolute atomic E-state index is 12.2. The van der Waals surface area contributed by atoms with Gasteiger partial charge in [0.2, 0.25) is 0 Å². The first-order valence-electron chi connectivity index (χ1n) is 9.93. The third-order valence-corrected chi connectivity index (χ3v) is 5.28. The molecule has 6 nitrogen and oxygen atoms in total. The van der Waals surface area contributed by atoms with E-state index in [1.807, 2.05) is 68.4 Å². The van der Waals surface area contributed by atoms with E-state index in [1.165, 1.54) is 18.4 Å². The Hall–Kier alpha value is -3.41. The number of benzene rings is 2. The number of nitrogens with one attached hydrogen (secondary N) is 2. The molecule has 0 radical (unpaired) electrons. The number of carbonyl (C=O) groups excluding carboxylic acids is 1. The summed E-state index contributed by atoms with van der Waals surface area (Å²) in [6.45, 7) is 6.18. The number of hydrogen-bond donors (Lipinski definition) is 2. The van der Waals surface area contributed by atoms with Gasteiger partial charge < -0.3 is 15.5 Å². The van der Waals surface area contributed by atoms with Gasteiger partial charge >= 0.3 is 6.03 Å². The molecule has 1 fully saturated rings. The number of aryl methyl sites for hydroxylation is 2. The highest BCUT2D eigenvalue weighted by Crippen LogP contribution is 2.22. The number of hydrogen-bond acceptors (Lipinski definition) is 4. The fraction of sp³-hybridized carbons (Fsp3) is 0.261. The van der Waals surface area contributed by atoms with Crippen molar-refractivity contribution in [2.75, 3.05) is 28.6 Å². The Bertz CT molecular complexity index is 993. The summed E-state index contributed by atoms with van der Waals surface area (Å²) >= 11 is 0. The quantitative estimate of drug-likeness (QED) is 0.661. The summed E-state index contributed by atoms with van der Waals surface area (Å²) in [7, 11) is 0. The minimum Gasteiger partial charge on any atom is -0.355 e. The average Bonchev–Trinajstić information content (AvgIpc) is 3.26. The van der Waals surface area contributed by atoms with Gasteiger partial charge in [0.1, 0.15) is 0 Å². The zero-order valence-corrected chi connectivity index (χ0v) is 16.8. The van der Waals surface area contributed by atoms with Crippen LogP contribution in [0.25, 0.3) is 11.3 Å². The topological polar surface area (TPSA) is 70.2 Å². The first-order valence-corrected chi connectivity index (χ1v) is 9.93. The molecule has 148 valence electrons. The minimum atomic E-state index is -0.268. The summed E-state index contributed by atoms with van der Waals surface area (Å²) in [5, 5.41) is 14.4. The van der Waals surface area contributed by atoms with Gasteiger partial charge in [0.25, 0.3) is 0 Å². The Morgan fingerprint density at radius 1 is 0.828 bits per heavy atom. The van der Waals surface area contributed by atoms with Crippen molar-refractivity contribution in [2.24, 2.45) is 0 Å². The highest BCUT2D eigenvalue weighted by Gasteiger charge is 2.14. The lowest BCUT2D eigenvalue weighted by molar-refractivity contribution is 0.262. The number of aromatic nitrogens is 2. The molecule has 0 bridgehead atoms. The minimum absolute atomic E-state index is 0.268. The number of amides is 2. The molecule has 0 saturated carbocycles. The van der Waals surface area contributed by atoms with Crippen LogP contribution >= 0.6 is 0 Å². The van der Waals surface area contributed by atoms with Crippen molar-refractivity contribution >= 4 is 23.2 Å². The maximum atomic E-state index is 12.2. The van der Waals surface area contributed by atoms with Crippen LogP contribution < -0.4 is 15.5 Å². The van der Waals surface area contributed by atoms with E-state index in [2.05, 4.69) is 25.7 Å². The standard InChI is InChI=1S/C23H25N5O/c1-16-5-8-20(15-17(16)2)25-23(29)24-19-9-6-18(7-10-19)21-11-12-22(27-26-21)28-13-3-4-14-28/h5-12,15H,3-4,13-14H2,1-2H3,(H2,24,25,29). The smallest absolute Gasteiger partial charge is 0.323 e. The summed E-state index contributed by atoms with van der Waals surface area (Å²) in [6, 6.07) is 17.2. The zero-order chi connectivity index (χ0) is 20.2. The van der Waals surface area contributed by atoms with Crippen LogP contribution in [0.15, 0.2) is 54.6 Å². The molecule has 1 aromatic heterocycles. The van der Waals surface area contributed by atoms with Crippen LogP contribution in [0.2, 0.25) is 0 Å². The van der Waals surface area contributed by atoms with Gasteiger partial charge in [-0.25, -0.2) is 4.79 Å². The maximum Gasteiger partial charge on any atom is 0.323 e. The van der Waals surface area contributed by atoms with Crippen LogP contribution in [0, 0.1) is 13.8 Å². The predicted octanol–water partition coefficient (Wildman–Crippen LogP) is 5.00. The van der Waals surface area contributed by atoms with Crippen molar-refractivity contribution in [3.8, 4) is 11.3 Å². The highest BCUT2D eigenvalue weighted by molar-refractivity contribution is 5.99. The normalized spacial score (nSPS) is 13.4. The molecule has 2 heterocycles. The van der Waals surface area contributed by atoms with Crippen molar-refractivity contribution in [3.05, 3.63) is 65.7 Å². The first-order chi connectivity index (χ1) is 14.1. The molecule has 6 heteroatoms. The largest absolute Gasteiger partial charge is 0.355 e. The molecular weight excluding hydrogens is 362 g/mol. The fourth-order valence-corrected chi connectivity index (χ4v) is 3.43. The van der Waals surface area contributed by atoms with E-state index >= 15 is 0 Å².